The van der Waals surface area contributed by atoms with Crippen molar-refractivity contribution >= 4 is 0 Å². The molecule has 2 rings (SSSR count). The van der Waals surface area contributed by atoms with Gasteiger partial charge in [0.05, 0.1) is 44.6 Å². The van der Waals surface area contributed by atoms with E-state index in [-0.39, 0.29) is 19.4 Å². The van der Waals surface area contributed by atoms with Gasteiger partial charge in [0, 0.05) is 46.5 Å². The molecule has 0 atom stereocenters. The quantitative estimate of drug-likeness (QED) is 0.308. The molecule has 0 amide bonds. The lowest BCUT2D eigenvalue weighted by Gasteiger charge is -2.35. The summed E-state index contributed by atoms with van der Waals surface area (Å²) in [6.45, 7) is 13.2. The Kier molecular flexibility index (Phi) is 19.4. The van der Waals surface area contributed by atoms with E-state index in [9.17, 15) is 0 Å². The Morgan fingerprint density at radius 1 is 0.914 bits per heavy atom. The highest BCUT2D eigenvalue weighted by molar-refractivity contribution is 5.18. The van der Waals surface area contributed by atoms with Gasteiger partial charge in [-0.05, 0) is 49.0 Å². The topological polar surface area (TPSA) is 91.5 Å². The van der Waals surface area contributed by atoms with Gasteiger partial charge in [0.1, 0.15) is 11.8 Å². The van der Waals surface area contributed by atoms with Crippen LogP contribution in [0.25, 0.3) is 0 Å². The Labute approximate surface area is 215 Å². The van der Waals surface area contributed by atoms with Crippen LogP contribution >= 0.6 is 0 Å². The van der Waals surface area contributed by atoms with E-state index in [1.807, 2.05) is 68.1 Å². The van der Waals surface area contributed by atoms with Gasteiger partial charge in [0.25, 0.3) is 0 Å². The fourth-order valence-corrected chi connectivity index (χ4v) is 3.08. The molecule has 0 bridgehead atoms. The zero-order valence-electron chi connectivity index (χ0n) is 22.9. The molecule has 0 spiro atoms. The molecule has 0 aromatic heterocycles. The number of hydrogen-bond donors (Lipinski definition) is 0. The number of nitrogens with zero attached hydrogens (tertiary/aromatic N) is 7. The standard InChI is InChI=1S/C9H15N3O.C9H22N2O.C6H10N2O.CH4/c1-11(2)8-9(7-10)12-3-5-13-6-4-12;1-9(2,3)12-8(10(4)5)11(6)7;7-1-2-8-3-5-9-6-4-8;/h8H,3-6H2,1-2H3;8H,1-7H3;2-6H2;1H4/b9-8+;;;. The molecule has 35 heavy (non-hydrogen) atoms. The first-order valence-corrected chi connectivity index (χ1v) is 11.7. The SMILES string of the molecule is C.CN(C)/C=C(\C#N)N1CCOCC1.CN(C)C(OC(C)(C)C)N(C)C.N#CCN1CCOCC1. The summed E-state index contributed by atoms with van der Waals surface area (Å²) in [7, 11) is 11.9. The van der Waals surface area contributed by atoms with Crippen LogP contribution in [0, 0.1) is 22.7 Å². The van der Waals surface area contributed by atoms with Crippen molar-refractivity contribution in [2.24, 2.45) is 0 Å². The number of morpholine rings is 2. The maximum atomic E-state index is 8.90. The highest BCUT2D eigenvalue weighted by Crippen LogP contribution is 2.13. The highest BCUT2D eigenvalue weighted by atomic mass is 16.5. The summed E-state index contributed by atoms with van der Waals surface area (Å²) in [6.07, 6.45) is 1.88. The molecule has 2 saturated heterocycles. The second-order valence-electron chi connectivity index (χ2n) is 9.72. The monoisotopic (exact) mass is 497 g/mol. The van der Waals surface area contributed by atoms with Crippen molar-refractivity contribution in [3.05, 3.63) is 11.9 Å². The molecule has 2 aliphatic rings. The van der Waals surface area contributed by atoms with Gasteiger partial charge in [-0.15, -0.1) is 0 Å². The molecule has 0 radical (unpaired) electrons. The molecular formula is C25H51N7O3. The lowest BCUT2D eigenvalue weighted by atomic mass is 10.2. The fourth-order valence-electron chi connectivity index (χ4n) is 3.08. The van der Waals surface area contributed by atoms with E-state index < -0.39 is 0 Å². The average molecular weight is 498 g/mol. The van der Waals surface area contributed by atoms with E-state index in [4.69, 9.17) is 24.7 Å². The largest absolute Gasteiger partial charge is 0.381 e. The van der Waals surface area contributed by atoms with E-state index >= 15 is 0 Å². The highest BCUT2D eigenvalue weighted by Gasteiger charge is 2.21. The summed E-state index contributed by atoms with van der Waals surface area (Å²) in [6, 6.07) is 4.30. The molecule has 0 aromatic rings. The van der Waals surface area contributed by atoms with Crippen LogP contribution in [0.15, 0.2) is 11.9 Å². The Bertz CT molecular complexity index is 629. The lowest BCUT2D eigenvalue weighted by Crippen LogP contribution is -2.46. The van der Waals surface area contributed by atoms with E-state index in [0.29, 0.717) is 25.5 Å². The van der Waals surface area contributed by atoms with Crippen molar-refractivity contribution < 1.29 is 14.2 Å². The van der Waals surface area contributed by atoms with E-state index in [0.717, 1.165) is 39.4 Å². The fraction of sp³-hybridized carbons (Fsp3) is 0.840. The van der Waals surface area contributed by atoms with Gasteiger partial charge in [-0.25, -0.2) is 0 Å². The van der Waals surface area contributed by atoms with Crippen molar-refractivity contribution in [3.63, 3.8) is 0 Å². The number of ether oxygens (including phenoxy) is 3. The smallest absolute Gasteiger partial charge is 0.168 e. The number of rotatable bonds is 6. The first kappa shape index (κ1) is 35.2. The van der Waals surface area contributed by atoms with Gasteiger partial charge in [-0.2, -0.15) is 10.5 Å². The summed E-state index contributed by atoms with van der Waals surface area (Å²) in [5.74, 6) is 0. The predicted octanol–water partition coefficient (Wildman–Crippen LogP) is 1.93. The van der Waals surface area contributed by atoms with Crippen LogP contribution in [0.5, 0.6) is 0 Å². The van der Waals surface area contributed by atoms with Crippen LogP contribution in [0.3, 0.4) is 0 Å². The Morgan fingerprint density at radius 2 is 1.37 bits per heavy atom. The summed E-state index contributed by atoms with van der Waals surface area (Å²) in [5, 5.41) is 17.2. The maximum Gasteiger partial charge on any atom is 0.168 e. The maximum absolute atomic E-state index is 8.90. The molecule has 10 nitrogen and oxygen atoms in total. The Balaban J connectivity index is 0. The van der Waals surface area contributed by atoms with Crippen molar-refractivity contribution in [2.75, 3.05) is 101 Å². The molecule has 2 fully saturated rings. The number of allylic oxidation sites excluding steroid dienone is 1. The van der Waals surface area contributed by atoms with Gasteiger partial charge < -0.3 is 24.0 Å². The number of hydrogen-bond acceptors (Lipinski definition) is 10. The zero-order chi connectivity index (χ0) is 26.1. The molecule has 0 N–H and O–H groups in total. The van der Waals surface area contributed by atoms with E-state index in [2.05, 4.69) is 37.8 Å². The second kappa shape index (κ2) is 19.3. The summed E-state index contributed by atoms with van der Waals surface area (Å²) in [4.78, 5) is 10.1. The third kappa shape index (κ3) is 18.1. The molecular weight excluding hydrogens is 446 g/mol. The van der Waals surface area contributed by atoms with Crippen LogP contribution in [-0.2, 0) is 14.2 Å². The Hall–Kier alpha value is -1.92. The van der Waals surface area contributed by atoms with Crippen LogP contribution in [-0.4, -0.2) is 138 Å². The van der Waals surface area contributed by atoms with Crippen molar-refractivity contribution in [1.82, 2.24) is 24.5 Å². The molecule has 0 aromatic carbocycles. The second-order valence-corrected chi connectivity index (χ2v) is 9.72. The van der Waals surface area contributed by atoms with Crippen molar-refractivity contribution in [1.29, 1.82) is 10.5 Å². The van der Waals surface area contributed by atoms with Gasteiger partial charge in [0.15, 0.2) is 6.35 Å². The average Bonchev–Trinajstić information content (AvgIpc) is 2.77. The molecule has 204 valence electrons. The van der Waals surface area contributed by atoms with Gasteiger partial charge in [-0.1, -0.05) is 7.43 Å². The molecule has 0 saturated carbocycles. The summed E-state index contributed by atoms with van der Waals surface area (Å²) >= 11 is 0. The zero-order valence-corrected chi connectivity index (χ0v) is 22.9. The molecule has 2 aliphatic heterocycles. The normalized spacial score (nSPS) is 16.9. The van der Waals surface area contributed by atoms with Crippen LogP contribution in [0.1, 0.15) is 28.2 Å². The van der Waals surface area contributed by atoms with Crippen LogP contribution < -0.4 is 0 Å². The van der Waals surface area contributed by atoms with Crippen molar-refractivity contribution in [2.45, 2.75) is 40.2 Å². The number of nitriles is 2. The van der Waals surface area contributed by atoms with Crippen molar-refractivity contribution in [3.8, 4) is 12.1 Å². The van der Waals surface area contributed by atoms with Gasteiger partial charge in [-0.3, -0.25) is 14.7 Å². The van der Waals surface area contributed by atoms with E-state index in [1.54, 1.807) is 0 Å². The molecule has 0 aliphatic carbocycles. The molecule has 0 unspecified atom stereocenters. The Morgan fingerprint density at radius 3 is 1.69 bits per heavy atom. The van der Waals surface area contributed by atoms with Gasteiger partial charge >= 0.3 is 0 Å². The minimum absolute atomic E-state index is 0. The van der Waals surface area contributed by atoms with Gasteiger partial charge in [0.2, 0.25) is 0 Å². The third-order valence-electron chi connectivity index (χ3n) is 4.59. The lowest BCUT2D eigenvalue weighted by molar-refractivity contribution is -0.178. The molecule has 2 heterocycles. The first-order chi connectivity index (χ1) is 15.9. The summed E-state index contributed by atoms with van der Waals surface area (Å²) in [5.41, 5.74) is 0.618. The summed E-state index contributed by atoms with van der Waals surface area (Å²) < 4.78 is 16.1. The minimum atomic E-state index is -0.0980. The molecule has 10 heteroatoms. The van der Waals surface area contributed by atoms with E-state index in [1.165, 1.54) is 0 Å². The minimum Gasteiger partial charge on any atom is -0.381 e. The van der Waals surface area contributed by atoms with Crippen LogP contribution in [0.2, 0.25) is 0 Å². The predicted molar refractivity (Wildman–Crippen MR) is 141 cm³/mol. The van der Waals surface area contributed by atoms with Crippen LogP contribution in [0.4, 0.5) is 0 Å². The first-order valence-electron chi connectivity index (χ1n) is 11.7. The third-order valence-corrected chi connectivity index (χ3v) is 4.59.